The number of phenols is 2. The molecule has 6 nitrogen and oxygen atoms in total. The minimum Gasteiger partial charge on any atom is -0.507 e. The first-order valence-corrected chi connectivity index (χ1v) is 27.6. The normalized spacial score (nSPS) is 14.3. The molecule has 2 aliphatic carbocycles. The van der Waals surface area contributed by atoms with E-state index in [0.717, 1.165) is 62.0 Å². The van der Waals surface area contributed by atoms with Crippen molar-refractivity contribution in [2.75, 3.05) is 22.9 Å². The zero-order chi connectivity index (χ0) is 55.8. The highest BCUT2D eigenvalue weighted by Crippen LogP contribution is 2.53. The summed E-state index contributed by atoms with van der Waals surface area (Å²) >= 11 is 0. The molecule has 2 N–H and O–H groups in total. The number of para-hydroxylation sites is 4. The first-order chi connectivity index (χ1) is 38.6. The summed E-state index contributed by atoms with van der Waals surface area (Å²) in [7, 11) is 0. The second-order valence-corrected chi connectivity index (χ2v) is 23.0. The highest BCUT2D eigenvalue weighted by molar-refractivity contribution is 5.92. The standard InChI is InChI=1S/C74H68N4O2/c1-9-62-63-37-34-51(41-67(63)73(5,6)66(62)40-50(2)77(57-22-14-10-15-23-57)58-24-16-11-17-25-58)53-30-32-55(70(79)43-53)46-75-48-72(3,4)49-76-47-56-33-31-54(44-71(56)80)52-35-38-64-65-39-36-61(45-69(65)74(7,8)68(64)42-52)78(59-26-18-12-19-27-59)60-28-20-13-21-29-60/h9-47,79-80H,1,48-49H2,2-8H3/b50-40+,75-46+,76-47+. The van der Waals surface area contributed by atoms with Crippen molar-refractivity contribution in [3.63, 3.8) is 0 Å². The zero-order valence-corrected chi connectivity index (χ0v) is 46.8. The largest absolute Gasteiger partial charge is 0.507 e. The third-order valence-electron chi connectivity index (χ3n) is 16.1. The summed E-state index contributed by atoms with van der Waals surface area (Å²) in [4.78, 5) is 14.2. The summed E-state index contributed by atoms with van der Waals surface area (Å²) in [6, 6.07) is 73.8. The fourth-order valence-electron chi connectivity index (χ4n) is 11.7. The molecule has 0 atom stereocenters. The van der Waals surface area contributed by atoms with Gasteiger partial charge >= 0.3 is 0 Å². The van der Waals surface area contributed by atoms with Crippen LogP contribution in [0.15, 0.2) is 252 Å². The molecule has 0 saturated heterocycles. The Morgan fingerprint density at radius 1 is 0.475 bits per heavy atom. The van der Waals surface area contributed by atoms with Crippen molar-refractivity contribution < 1.29 is 10.2 Å². The van der Waals surface area contributed by atoms with Gasteiger partial charge in [0.25, 0.3) is 0 Å². The molecule has 2 aliphatic rings. The number of anilines is 5. The van der Waals surface area contributed by atoms with Crippen molar-refractivity contribution in [1.82, 2.24) is 0 Å². The number of allylic oxidation sites excluding steroid dienone is 5. The molecule has 0 heterocycles. The van der Waals surface area contributed by atoms with Crippen LogP contribution in [0.25, 0.3) is 39.0 Å². The molecule has 0 amide bonds. The maximum Gasteiger partial charge on any atom is 0.124 e. The van der Waals surface area contributed by atoms with Gasteiger partial charge in [-0.1, -0.05) is 169 Å². The summed E-state index contributed by atoms with van der Waals surface area (Å²) in [5, 5.41) is 22.7. The van der Waals surface area contributed by atoms with Gasteiger partial charge in [0.05, 0.1) is 0 Å². The summed E-state index contributed by atoms with van der Waals surface area (Å²) in [5.74, 6) is 0.351. The fourth-order valence-corrected chi connectivity index (χ4v) is 11.7. The Balaban J connectivity index is 0.737. The van der Waals surface area contributed by atoms with Gasteiger partial charge in [-0.15, -0.1) is 0 Å². The van der Waals surface area contributed by atoms with Gasteiger partial charge in [0, 0.05) is 87.0 Å². The van der Waals surface area contributed by atoms with Crippen LogP contribution in [0.4, 0.5) is 28.4 Å². The minimum atomic E-state index is -0.315. The van der Waals surface area contributed by atoms with Crippen LogP contribution in [0.3, 0.4) is 0 Å². The smallest absolute Gasteiger partial charge is 0.124 e. The highest BCUT2D eigenvalue weighted by Gasteiger charge is 2.38. The van der Waals surface area contributed by atoms with Crippen LogP contribution < -0.4 is 9.80 Å². The SMILES string of the molecule is C=CC1=C(/C=C(\C)N(c2ccccc2)c2ccccc2)C(C)(C)c2cc(-c3ccc(/C=N/CC(C)(C)C/N=C/c4ccc(-c5ccc6c(c5)C(C)(C)c5cc(N(c7ccccc7)c7ccccc7)ccc5-6)cc4O)c(O)c3)ccc21. The molecule has 9 aromatic carbocycles. The van der Waals surface area contributed by atoms with Crippen LogP contribution in [0.5, 0.6) is 11.5 Å². The maximum absolute atomic E-state index is 11.3. The van der Waals surface area contributed by atoms with Crippen molar-refractivity contribution in [1.29, 1.82) is 0 Å². The molecule has 6 heteroatoms. The predicted molar refractivity (Wildman–Crippen MR) is 337 cm³/mol. The lowest BCUT2D eigenvalue weighted by Crippen LogP contribution is -2.19. The summed E-state index contributed by atoms with van der Waals surface area (Å²) < 4.78 is 0. The van der Waals surface area contributed by atoms with Gasteiger partial charge in [0.1, 0.15) is 11.5 Å². The van der Waals surface area contributed by atoms with E-state index in [2.05, 4.69) is 247 Å². The Morgan fingerprint density at radius 2 is 0.875 bits per heavy atom. The Hall–Kier alpha value is -9.26. The van der Waals surface area contributed by atoms with Crippen molar-refractivity contribution in [2.24, 2.45) is 15.4 Å². The molecule has 0 spiro atoms. The van der Waals surface area contributed by atoms with Gasteiger partial charge in [-0.05, 0) is 177 Å². The number of phenolic OH excluding ortho intramolecular Hbond substituents is 2. The number of benzene rings is 9. The Kier molecular flexibility index (Phi) is 14.2. The molecule has 9 aromatic rings. The molecular formula is C74H68N4O2. The quantitative estimate of drug-likeness (QED) is 0.0946. The fraction of sp³-hybridized carbons (Fsp3) is 0.162. The van der Waals surface area contributed by atoms with Crippen molar-refractivity contribution in [3.8, 4) is 44.9 Å². The van der Waals surface area contributed by atoms with E-state index in [9.17, 15) is 10.2 Å². The first-order valence-electron chi connectivity index (χ1n) is 27.6. The monoisotopic (exact) mass is 1040 g/mol. The van der Waals surface area contributed by atoms with Crippen LogP contribution in [-0.4, -0.2) is 35.7 Å². The lowest BCUT2D eigenvalue weighted by molar-refractivity contribution is 0.396. The lowest BCUT2D eigenvalue weighted by Gasteiger charge is -2.29. The van der Waals surface area contributed by atoms with E-state index in [1.807, 2.05) is 42.5 Å². The van der Waals surface area contributed by atoms with Crippen molar-refractivity contribution >= 4 is 46.4 Å². The first kappa shape index (κ1) is 52.8. The van der Waals surface area contributed by atoms with E-state index >= 15 is 0 Å². The molecule has 0 bridgehead atoms. The number of hydrogen-bond donors (Lipinski definition) is 2. The highest BCUT2D eigenvalue weighted by atomic mass is 16.3. The number of aliphatic imine (C=N–C) groups is 2. The van der Waals surface area contributed by atoms with E-state index in [-0.39, 0.29) is 27.7 Å². The Labute approximate surface area is 472 Å². The summed E-state index contributed by atoms with van der Waals surface area (Å²) in [5.41, 5.74) is 20.8. The lowest BCUT2D eigenvalue weighted by atomic mass is 9.80. The molecule has 0 aromatic heterocycles. The predicted octanol–water partition coefficient (Wildman–Crippen LogP) is 18.7. The van der Waals surface area contributed by atoms with Gasteiger partial charge in [-0.2, -0.15) is 0 Å². The third-order valence-corrected chi connectivity index (χ3v) is 16.1. The van der Waals surface area contributed by atoms with Crippen LogP contribution in [0.1, 0.15) is 81.8 Å². The summed E-state index contributed by atoms with van der Waals surface area (Å²) in [6.45, 7) is 20.9. The molecule has 80 heavy (non-hydrogen) atoms. The molecule has 0 fully saturated rings. The second-order valence-electron chi connectivity index (χ2n) is 23.0. The number of aromatic hydroxyl groups is 2. The van der Waals surface area contributed by atoms with Gasteiger partial charge in [-0.3, -0.25) is 9.98 Å². The molecule has 0 unspecified atom stereocenters. The van der Waals surface area contributed by atoms with Crippen LogP contribution in [0.2, 0.25) is 0 Å². The van der Waals surface area contributed by atoms with E-state index in [1.165, 1.54) is 39.0 Å². The van der Waals surface area contributed by atoms with Gasteiger partial charge in [0.2, 0.25) is 0 Å². The molecule has 0 saturated carbocycles. The van der Waals surface area contributed by atoms with E-state index in [1.54, 1.807) is 12.4 Å². The molecule has 11 rings (SSSR count). The van der Waals surface area contributed by atoms with Crippen LogP contribution in [0, 0.1) is 5.41 Å². The minimum absolute atomic E-state index is 0.171. The number of fused-ring (bicyclic) bond motifs is 4. The van der Waals surface area contributed by atoms with E-state index in [0.29, 0.717) is 24.2 Å². The molecule has 0 aliphatic heterocycles. The second kappa shape index (κ2) is 21.5. The van der Waals surface area contributed by atoms with E-state index < -0.39 is 0 Å². The molecule has 0 radical (unpaired) electrons. The van der Waals surface area contributed by atoms with Gasteiger partial charge < -0.3 is 20.0 Å². The Bertz CT molecular complexity index is 3830. The van der Waals surface area contributed by atoms with Crippen molar-refractivity contribution in [3.05, 3.63) is 276 Å². The molecular weight excluding hydrogens is 977 g/mol. The van der Waals surface area contributed by atoms with Crippen LogP contribution in [-0.2, 0) is 10.8 Å². The van der Waals surface area contributed by atoms with E-state index in [4.69, 9.17) is 9.98 Å². The van der Waals surface area contributed by atoms with Gasteiger partial charge in [-0.25, -0.2) is 0 Å². The average Bonchev–Trinajstić information content (AvgIpc) is 3.83. The number of nitrogens with zero attached hydrogens (tertiary/aromatic N) is 4. The maximum atomic E-state index is 11.3. The summed E-state index contributed by atoms with van der Waals surface area (Å²) in [6.07, 6.45) is 7.79. The average molecular weight is 1050 g/mol. The van der Waals surface area contributed by atoms with Crippen LogP contribution >= 0.6 is 0 Å². The van der Waals surface area contributed by atoms with Crippen molar-refractivity contribution in [2.45, 2.75) is 59.3 Å². The number of rotatable bonds is 16. The Morgan fingerprint density at radius 3 is 1.34 bits per heavy atom. The third kappa shape index (κ3) is 10.2. The topological polar surface area (TPSA) is 71.7 Å². The van der Waals surface area contributed by atoms with Gasteiger partial charge in [0.15, 0.2) is 0 Å². The molecule has 396 valence electrons. The zero-order valence-electron chi connectivity index (χ0n) is 46.8. The number of hydrogen-bond acceptors (Lipinski definition) is 6.